The van der Waals surface area contributed by atoms with Gasteiger partial charge >= 0.3 is 0 Å². The van der Waals surface area contributed by atoms with E-state index in [1.165, 1.54) is 16.8 Å². The highest BCUT2D eigenvalue weighted by Gasteiger charge is 2.18. The molecule has 1 aromatic carbocycles. The molecule has 1 atom stereocenters. The zero-order chi connectivity index (χ0) is 11.5. The number of nitrogens with zero attached hydrogens (tertiary/aromatic N) is 1. The molecule has 0 aromatic heterocycles. The molecule has 0 bridgehead atoms. The van der Waals surface area contributed by atoms with E-state index in [4.69, 9.17) is 0 Å². The summed E-state index contributed by atoms with van der Waals surface area (Å²) in [6, 6.07) is 9.07. The Bertz CT molecular complexity index is 429. The Kier molecular flexibility index (Phi) is 3.14. The molecule has 0 spiro atoms. The number of likely N-dealkylation sites (N-methyl/N-ethyl adjacent to an activating group) is 1. The lowest BCUT2D eigenvalue weighted by molar-refractivity contribution is 0.712. The van der Waals surface area contributed by atoms with Crippen molar-refractivity contribution in [3.8, 4) is 0 Å². The van der Waals surface area contributed by atoms with Gasteiger partial charge in [-0.15, -0.1) is 0 Å². The molecule has 84 valence electrons. The fraction of sp³-hybridized carbons (Fsp3) is 0.333. The fourth-order valence-corrected chi connectivity index (χ4v) is 2.31. The second kappa shape index (κ2) is 4.56. The first kappa shape index (κ1) is 11.0. The number of rotatable bonds is 2. The van der Waals surface area contributed by atoms with Gasteiger partial charge in [0.15, 0.2) is 0 Å². The molecule has 0 aliphatic heterocycles. The van der Waals surface area contributed by atoms with Crippen molar-refractivity contribution in [1.29, 1.82) is 0 Å². The normalized spacial score (nSPS) is 19.4. The monoisotopic (exact) mass is 213 g/mol. The van der Waals surface area contributed by atoms with Crippen LogP contribution in [0, 0.1) is 6.92 Å². The molecule has 0 saturated heterocycles. The van der Waals surface area contributed by atoms with Gasteiger partial charge in [0, 0.05) is 12.7 Å². The number of benzene rings is 1. The van der Waals surface area contributed by atoms with Gasteiger partial charge in [-0.2, -0.15) is 0 Å². The average Bonchev–Trinajstić information content (AvgIpc) is 2.29. The van der Waals surface area contributed by atoms with E-state index < -0.39 is 0 Å². The molecule has 0 N–H and O–H groups in total. The summed E-state index contributed by atoms with van der Waals surface area (Å²) in [5.74, 6) is 0. The third-order valence-corrected chi connectivity index (χ3v) is 3.34. The number of aryl methyl sites for hydroxylation is 1. The minimum atomic E-state index is 0.506. The first-order chi connectivity index (χ1) is 7.70. The smallest absolute Gasteiger partial charge is 0.0534 e. The van der Waals surface area contributed by atoms with Gasteiger partial charge in [0.2, 0.25) is 0 Å². The fourth-order valence-electron chi connectivity index (χ4n) is 2.31. The quantitative estimate of drug-likeness (QED) is 0.724. The summed E-state index contributed by atoms with van der Waals surface area (Å²) in [4.78, 5) is 2.38. The summed E-state index contributed by atoms with van der Waals surface area (Å²) in [6.45, 7) is 4.38. The van der Waals surface area contributed by atoms with E-state index >= 15 is 0 Å². The van der Waals surface area contributed by atoms with Gasteiger partial charge in [-0.3, -0.25) is 0 Å². The van der Waals surface area contributed by atoms with Crippen molar-refractivity contribution < 1.29 is 0 Å². The van der Waals surface area contributed by atoms with Crippen molar-refractivity contribution in [3.05, 3.63) is 53.6 Å². The summed E-state index contributed by atoms with van der Waals surface area (Å²) >= 11 is 0. The Morgan fingerprint density at radius 1 is 1.19 bits per heavy atom. The van der Waals surface area contributed by atoms with Crippen molar-refractivity contribution in [1.82, 2.24) is 0 Å². The molecular weight excluding hydrogens is 194 g/mol. The third-order valence-electron chi connectivity index (χ3n) is 3.34. The minimum absolute atomic E-state index is 0.506. The lowest BCUT2D eigenvalue weighted by Crippen LogP contribution is -2.33. The van der Waals surface area contributed by atoms with Crippen LogP contribution in [-0.4, -0.2) is 13.1 Å². The largest absolute Gasteiger partial charge is 0.367 e. The van der Waals surface area contributed by atoms with Crippen LogP contribution in [0.15, 0.2) is 48.1 Å². The van der Waals surface area contributed by atoms with E-state index in [-0.39, 0.29) is 0 Å². The van der Waals surface area contributed by atoms with Crippen molar-refractivity contribution in [2.24, 2.45) is 0 Å². The molecule has 0 heterocycles. The molecule has 1 aliphatic carbocycles. The molecule has 16 heavy (non-hydrogen) atoms. The predicted octanol–water partition coefficient (Wildman–Crippen LogP) is 3.71. The van der Waals surface area contributed by atoms with Gasteiger partial charge in [0.1, 0.15) is 0 Å². The Morgan fingerprint density at radius 2 is 1.94 bits per heavy atom. The Hall–Kier alpha value is -1.50. The number of hydrogen-bond acceptors (Lipinski definition) is 1. The van der Waals surface area contributed by atoms with Crippen LogP contribution in [0.1, 0.15) is 18.9 Å². The molecule has 1 heteroatoms. The lowest BCUT2D eigenvalue weighted by atomic mass is 9.98. The molecule has 0 fully saturated rings. The van der Waals surface area contributed by atoms with E-state index in [1.54, 1.807) is 0 Å². The molecule has 0 amide bonds. The highest BCUT2D eigenvalue weighted by Crippen LogP contribution is 2.26. The van der Waals surface area contributed by atoms with Crippen LogP contribution in [0.3, 0.4) is 0 Å². The molecule has 1 nitrogen and oxygen atoms in total. The Morgan fingerprint density at radius 3 is 2.62 bits per heavy atom. The van der Waals surface area contributed by atoms with Crippen LogP contribution in [0.4, 0.5) is 5.69 Å². The molecule has 1 aromatic rings. The van der Waals surface area contributed by atoms with Crippen LogP contribution in [0.5, 0.6) is 0 Å². The number of para-hydroxylation sites is 1. The lowest BCUT2D eigenvalue weighted by Gasteiger charge is -2.32. The molecule has 1 aliphatic rings. The number of allylic oxidation sites excluding steroid dienone is 2. The van der Waals surface area contributed by atoms with Crippen molar-refractivity contribution >= 4 is 5.69 Å². The van der Waals surface area contributed by atoms with Gasteiger partial charge < -0.3 is 4.90 Å². The number of anilines is 1. The Labute approximate surface area is 98.1 Å². The van der Waals surface area contributed by atoms with Crippen LogP contribution < -0.4 is 4.90 Å². The Balaban J connectivity index is 2.26. The number of hydrogen-bond donors (Lipinski definition) is 0. The zero-order valence-electron chi connectivity index (χ0n) is 10.3. The van der Waals surface area contributed by atoms with Crippen molar-refractivity contribution in [2.45, 2.75) is 26.3 Å². The maximum absolute atomic E-state index is 2.38. The minimum Gasteiger partial charge on any atom is -0.367 e. The van der Waals surface area contributed by atoms with Gasteiger partial charge in [0.05, 0.1) is 6.04 Å². The second-order valence-corrected chi connectivity index (χ2v) is 4.49. The van der Waals surface area contributed by atoms with Crippen LogP contribution in [0.25, 0.3) is 0 Å². The zero-order valence-corrected chi connectivity index (χ0v) is 10.3. The second-order valence-electron chi connectivity index (χ2n) is 4.49. The molecule has 1 unspecified atom stereocenters. The van der Waals surface area contributed by atoms with E-state index in [2.05, 4.69) is 68.3 Å². The molecule has 2 rings (SSSR count). The van der Waals surface area contributed by atoms with Crippen molar-refractivity contribution in [2.75, 3.05) is 11.9 Å². The van der Waals surface area contributed by atoms with E-state index in [0.717, 1.165) is 6.42 Å². The van der Waals surface area contributed by atoms with Crippen LogP contribution in [-0.2, 0) is 0 Å². The topological polar surface area (TPSA) is 3.24 Å². The first-order valence-corrected chi connectivity index (χ1v) is 5.82. The maximum atomic E-state index is 2.38. The molecule has 0 saturated carbocycles. The van der Waals surface area contributed by atoms with E-state index in [0.29, 0.717) is 6.04 Å². The summed E-state index contributed by atoms with van der Waals surface area (Å²) in [5.41, 5.74) is 4.11. The van der Waals surface area contributed by atoms with E-state index in [1.807, 2.05) is 0 Å². The van der Waals surface area contributed by atoms with Gasteiger partial charge in [-0.25, -0.2) is 0 Å². The maximum Gasteiger partial charge on any atom is 0.0534 e. The van der Waals surface area contributed by atoms with Gasteiger partial charge in [-0.05, 0) is 31.9 Å². The van der Waals surface area contributed by atoms with E-state index in [9.17, 15) is 0 Å². The van der Waals surface area contributed by atoms with Crippen molar-refractivity contribution in [3.63, 3.8) is 0 Å². The van der Waals surface area contributed by atoms with Crippen LogP contribution >= 0.6 is 0 Å². The van der Waals surface area contributed by atoms with Gasteiger partial charge in [-0.1, -0.05) is 42.0 Å². The first-order valence-electron chi connectivity index (χ1n) is 5.82. The highest BCUT2D eigenvalue weighted by molar-refractivity contribution is 5.55. The van der Waals surface area contributed by atoms with Gasteiger partial charge in [0.25, 0.3) is 0 Å². The summed E-state index contributed by atoms with van der Waals surface area (Å²) in [7, 11) is 2.18. The summed E-state index contributed by atoms with van der Waals surface area (Å²) in [6.07, 6.45) is 7.71. The predicted molar refractivity (Wildman–Crippen MR) is 70.9 cm³/mol. The van der Waals surface area contributed by atoms with Crippen LogP contribution in [0.2, 0.25) is 0 Å². The molecule has 0 radical (unpaired) electrons. The third kappa shape index (κ3) is 2.04. The summed E-state index contributed by atoms with van der Waals surface area (Å²) in [5, 5.41) is 0. The average molecular weight is 213 g/mol. The summed E-state index contributed by atoms with van der Waals surface area (Å²) < 4.78 is 0. The SMILES string of the molecule is CC1=CC=CCC1N(C)c1ccccc1C. The standard InChI is InChI=1S/C15H19N/c1-12-8-4-6-10-14(12)16(3)15-11-7-5-9-13(15)2/h4-10,15H,11H2,1-3H3. The highest BCUT2D eigenvalue weighted by atomic mass is 15.1. The molecular formula is C15H19N.